The molecule has 3 atom stereocenters. The number of hydrogen-bond acceptors (Lipinski definition) is 5. The van der Waals surface area contributed by atoms with Gasteiger partial charge in [-0.15, -0.1) is 0 Å². The third-order valence-corrected chi connectivity index (χ3v) is 7.44. The number of halogens is 1. The normalized spacial score (nSPS) is 21.3. The van der Waals surface area contributed by atoms with Gasteiger partial charge in [-0.1, -0.05) is 44.4 Å². The first-order valence-corrected chi connectivity index (χ1v) is 13.1. The Morgan fingerprint density at radius 1 is 1.27 bits per heavy atom. The summed E-state index contributed by atoms with van der Waals surface area (Å²) in [4.78, 5) is 34.1. The van der Waals surface area contributed by atoms with Gasteiger partial charge >= 0.3 is 6.03 Å². The number of nitrogens with one attached hydrogen (secondary N) is 1. The Bertz CT molecular complexity index is 1110. The number of fused-ring (bicyclic) bond motifs is 1. The quantitative estimate of drug-likeness (QED) is 0.608. The fraction of sp³-hybridized carbons (Fsp3) is 0.536. The van der Waals surface area contributed by atoms with E-state index in [2.05, 4.69) is 10.3 Å². The lowest BCUT2D eigenvalue weighted by Crippen LogP contribution is -2.52. The van der Waals surface area contributed by atoms with Crippen molar-refractivity contribution in [1.82, 2.24) is 20.1 Å². The Balaban J connectivity index is 1.61. The highest BCUT2D eigenvalue weighted by Gasteiger charge is 2.35. The van der Waals surface area contributed by atoms with Crippen LogP contribution in [-0.2, 0) is 0 Å². The van der Waals surface area contributed by atoms with E-state index in [0.29, 0.717) is 24.2 Å². The first-order valence-electron chi connectivity index (χ1n) is 13.1. The minimum Gasteiger partial charge on any atom is -0.472 e. The number of aliphatic hydroxyl groups excluding tert-OH is 1. The van der Waals surface area contributed by atoms with Crippen molar-refractivity contribution in [3.63, 3.8) is 0 Å². The number of hydrogen-bond donors (Lipinski definition) is 2. The molecular weight excluding hydrogens is 475 g/mol. The van der Waals surface area contributed by atoms with E-state index in [1.54, 1.807) is 48.0 Å². The number of rotatable bonds is 6. The average Bonchev–Trinajstić information content (AvgIpc) is 2.90. The van der Waals surface area contributed by atoms with Crippen molar-refractivity contribution in [3.05, 3.63) is 47.9 Å². The highest BCUT2D eigenvalue weighted by Crippen LogP contribution is 2.31. The van der Waals surface area contributed by atoms with Gasteiger partial charge in [-0.2, -0.15) is 0 Å². The monoisotopic (exact) mass is 512 g/mol. The van der Waals surface area contributed by atoms with Gasteiger partial charge in [0.2, 0.25) is 5.88 Å². The molecule has 200 valence electrons. The molecule has 1 saturated carbocycles. The van der Waals surface area contributed by atoms with Gasteiger partial charge in [0.05, 0.1) is 19.2 Å². The Hall–Kier alpha value is -3.20. The van der Waals surface area contributed by atoms with Gasteiger partial charge in [-0.05, 0) is 31.9 Å². The molecule has 0 radical (unpaired) electrons. The lowest BCUT2D eigenvalue weighted by Gasteiger charge is -2.38. The number of carbonyl (C=O) groups is 2. The van der Waals surface area contributed by atoms with Crippen LogP contribution < -0.4 is 10.1 Å². The summed E-state index contributed by atoms with van der Waals surface area (Å²) in [6, 6.07) is 7.51. The van der Waals surface area contributed by atoms with E-state index in [9.17, 15) is 19.1 Å². The Morgan fingerprint density at radius 2 is 2.00 bits per heavy atom. The van der Waals surface area contributed by atoms with E-state index in [0.717, 1.165) is 25.7 Å². The van der Waals surface area contributed by atoms with E-state index in [4.69, 9.17) is 4.74 Å². The van der Waals surface area contributed by atoms with E-state index in [1.807, 2.05) is 6.92 Å². The number of aromatic nitrogens is 1. The second kappa shape index (κ2) is 11.9. The maximum Gasteiger partial charge on any atom is 0.317 e. The largest absolute Gasteiger partial charge is 0.472 e. The molecule has 0 unspecified atom stereocenters. The summed E-state index contributed by atoms with van der Waals surface area (Å²) in [5.74, 6) is -0.765. The van der Waals surface area contributed by atoms with Crippen molar-refractivity contribution in [1.29, 1.82) is 0 Å². The molecule has 1 aromatic heterocycles. The third-order valence-electron chi connectivity index (χ3n) is 7.44. The van der Waals surface area contributed by atoms with E-state index < -0.39 is 18.0 Å². The summed E-state index contributed by atoms with van der Waals surface area (Å²) < 4.78 is 20.8. The van der Waals surface area contributed by atoms with Crippen LogP contribution in [0.1, 0.15) is 56.3 Å². The molecule has 37 heavy (non-hydrogen) atoms. The zero-order valence-electron chi connectivity index (χ0n) is 21.8. The number of pyridine rings is 1. The number of amides is 3. The van der Waals surface area contributed by atoms with Crippen LogP contribution in [0.3, 0.4) is 0 Å². The molecule has 4 rings (SSSR count). The van der Waals surface area contributed by atoms with Crippen molar-refractivity contribution in [2.45, 2.75) is 64.1 Å². The van der Waals surface area contributed by atoms with Crippen LogP contribution in [0, 0.1) is 11.7 Å². The number of benzene rings is 1. The Labute approximate surface area is 217 Å². The SMILES string of the molecule is C[C@H]1CN([C@@H](C)CO)C(=O)c2cc(-c3ccccc3F)cnc2O[C@H]1CN(C)C(=O)NC1CCCCC1. The summed E-state index contributed by atoms with van der Waals surface area (Å²) in [5.41, 5.74) is 0.991. The molecule has 1 fully saturated rings. The molecular formula is C28H37FN4O4. The predicted octanol–water partition coefficient (Wildman–Crippen LogP) is 4.08. The number of carbonyl (C=O) groups excluding carboxylic acids is 2. The van der Waals surface area contributed by atoms with Crippen LogP contribution in [0.2, 0.25) is 0 Å². The summed E-state index contributed by atoms with van der Waals surface area (Å²) in [6.07, 6.45) is 6.49. The van der Waals surface area contributed by atoms with Crippen molar-refractivity contribution >= 4 is 11.9 Å². The number of aliphatic hydroxyl groups is 1. The van der Waals surface area contributed by atoms with Gasteiger partial charge in [-0.25, -0.2) is 14.2 Å². The standard InChI is InChI=1S/C28H37FN4O4/c1-18-15-33(19(2)17-34)27(35)23-13-20(22-11-7-8-12-24(22)29)14-30-26(23)37-25(18)16-32(3)28(36)31-21-9-5-4-6-10-21/h7-8,11-14,18-19,21,25,34H,4-6,9-10,15-17H2,1-3H3,(H,31,36)/t18-,19-,25-/m0/s1. The molecule has 0 spiro atoms. The van der Waals surface area contributed by atoms with Gasteiger partial charge in [0.25, 0.3) is 5.91 Å². The van der Waals surface area contributed by atoms with Gasteiger partial charge in [0.1, 0.15) is 17.5 Å². The molecule has 0 bridgehead atoms. The first kappa shape index (κ1) is 26.9. The topological polar surface area (TPSA) is 95.0 Å². The van der Waals surface area contributed by atoms with Crippen LogP contribution in [0.25, 0.3) is 11.1 Å². The Kier molecular flexibility index (Phi) is 8.63. The van der Waals surface area contributed by atoms with Gasteiger partial charge < -0.3 is 25.0 Å². The van der Waals surface area contributed by atoms with Crippen LogP contribution in [0.15, 0.2) is 36.5 Å². The second-order valence-corrected chi connectivity index (χ2v) is 10.3. The number of urea groups is 1. The summed E-state index contributed by atoms with van der Waals surface area (Å²) in [6.45, 7) is 4.15. The van der Waals surface area contributed by atoms with Crippen molar-refractivity contribution < 1.29 is 23.8 Å². The van der Waals surface area contributed by atoms with E-state index in [1.165, 1.54) is 18.7 Å². The van der Waals surface area contributed by atoms with Crippen LogP contribution in [0.5, 0.6) is 5.88 Å². The molecule has 1 aliphatic heterocycles. The summed E-state index contributed by atoms with van der Waals surface area (Å²) in [7, 11) is 1.74. The fourth-order valence-electron chi connectivity index (χ4n) is 5.05. The molecule has 2 heterocycles. The third kappa shape index (κ3) is 6.21. The van der Waals surface area contributed by atoms with Crippen LogP contribution in [-0.4, -0.2) is 76.8 Å². The number of ether oxygens (including phenoxy) is 1. The van der Waals surface area contributed by atoms with Crippen LogP contribution in [0.4, 0.5) is 9.18 Å². The minimum atomic E-state index is -0.450. The van der Waals surface area contributed by atoms with Gasteiger partial charge in [-0.3, -0.25) is 4.79 Å². The van der Waals surface area contributed by atoms with Crippen molar-refractivity contribution in [3.8, 4) is 17.0 Å². The minimum absolute atomic E-state index is 0.137. The van der Waals surface area contributed by atoms with Gasteiger partial charge in [0, 0.05) is 42.9 Å². The zero-order chi connectivity index (χ0) is 26.5. The fourth-order valence-corrected chi connectivity index (χ4v) is 5.05. The molecule has 3 amide bonds. The van der Waals surface area contributed by atoms with Crippen LogP contribution >= 0.6 is 0 Å². The highest BCUT2D eigenvalue weighted by molar-refractivity contribution is 5.98. The Morgan fingerprint density at radius 3 is 2.70 bits per heavy atom. The molecule has 1 aliphatic carbocycles. The highest BCUT2D eigenvalue weighted by atomic mass is 19.1. The molecule has 2 N–H and O–H groups in total. The molecule has 8 nitrogen and oxygen atoms in total. The summed E-state index contributed by atoms with van der Waals surface area (Å²) >= 11 is 0. The first-order chi connectivity index (χ1) is 17.8. The van der Waals surface area contributed by atoms with E-state index in [-0.39, 0.29) is 41.9 Å². The lowest BCUT2D eigenvalue weighted by atomic mass is 9.96. The molecule has 2 aliphatic rings. The number of nitrogens with zero attached hydrogens (tertiary/aromatic N) is 3. The zero-order valence-corrected chi connectivity index (χ0v) is 21.8. The number of likely N-dealkylation sites (N-methyl/N-ethyl adjacent to an activating group) is 1. The maximum atomic E-state index is 14.5. The summed E-state index contributed by atoms with van der Waals surface area (Å²) in [5, 5.41) is 13.0. The second-order valence-electron chi connectivity index (χ2n) is 10.3. The smallest absolute Gasteiger partial charge is 0.317 e. The lowest BCUT2D eigenvalue weighted by molar-refractivity contribution is 0.0351. The molecule has 1 aromatic carbocycles. The van der Waals surface area contributed by atoms with Crippen molar-refractivity contribution in [2.75, 3.05) is 26.7 Å². The van der Waals surface area contributed by atoms with Gasteiger partial charge in [0.15, 0.2) is 0 Å². The molecule has 0 saturated heterocycles. The molecule has 2 aromatic rings. The predicted molar refractivity (Wildman–Crippen MR) is 139 cm³/mol. The maximum absolute atomic E-state index is 14.5. The van der Waals surface area contributed by atoms with Crippen molar-refractivity contribution in [2.24, 2.45) is 5.92 Å². The average molecular weight is 513 g/mol. The molecule has 9 heteroatoms. The van der Waals surface area contributed by atoms with E-state index >= 15 is 0 Å².